The third kappa shape index (κ3) is 5.01. The monoisotopic (exact) mass is 470 g/mol. The van der Waals surface area contributed by atoms with Gasteiger partial charge in [0.1, 0.15) is 11.0 Å². The number of nitrogens with one attached hydrogen (secondary N) is 2. The van der Waals surface area contributed by atoms with Crippen molar-refractivity contribution in [1.82, 2.24) is 19.7 Å². The number of nitrogen functional groups attached to an aromatic ring is 1. The zero-order chi connectivity index (χ0) is 23.7. The van der Waals surface area contributed by atoms with Crippen LogP contribution in [0.4, 0.5) is 17.5 Å². The first-order valence-electron chi connectivity index (χ1n) is 11.8. The number of benzene rings is 1. The third-order valence-corrected chi connectivity index (χ3v) is 6.65. The maximum absolute atomic E-state index is 6.42. The number of aromatic nitrogens is 4. The molecular weight excluding hydrogens is 436 g/mol. The number of hydrogen-bond acceptors (Lipinski definition) is 7. The molecule has 6 N–H and O–H groups in total. The molecule has 0 aliphatic heterocycles. The van der Waals surface area contributed by atoms with E-state index in [1.54, 1.807) is 0 Å². The number of anilines is 3. The molecule has 4 rings (SSSR count). The molecule has 8 nitrogen and oxygen atoms in total. The van der Waals surface area contributed by atoms with Crippen molar-refractivity contribution in [2.75, 3.05) is 16.4 Å². The molecule has 1 aliphatic rings. The molecular formula is C24H35ClN8. The second-order valence-electron chi connectivity index (χ2n) is 9.59. The Morgan fingerprint density at radius 3 is 2.48 bits per heavy atom. The lowest BCUT2D eigenvalue weighted by atomic mass is 9.92. The minimum atomic E-state index is 0.160. The van der Waals surface area contributed by atoms with Gasteiger partial charge in [0.25, 0.3) is 0 Å². The van der Waals surface area contributed by atoms with Gasteiger partial charge in [-0.1, -0.05) is 31.5 Å². The van der Waals surface area contributed by atoms with E-state index in [0.29, 0.717) is 35.3 Å². The van der Waals surface area contributed by atoms with Crippen molar-refractivity contribution in [3.05, 3.63) is 34.5 Å². The molecule has 1 aromatic carbocycles. The van der Waals surface area contributed by atoms with Gasteiger partial charge in [0.05, 0.1) is 5.69 Å². The molecule has 0 atom stereocenters. The summed E-state index contributed by atoms with van der Waals surface area (Å²) in [6.07, 6.45) is 4.06. The summed E-state index contributed by atoms with van der Waals surface area (Å²) in [5.74, 6) is 1.57. The van der Waals surface area contributed by atoms with E-state index in [1.165, 1.54) is 0 Å². The van der Waals surface area contributed by atoms with Crippen molar-refractivity contribution in [2.24, 2.45) is 5.73 Å². The van der Waals surface area contributed by atoms with Gasteiger partial charge in [-0.25, -0.2) is 4.98 Å². The second kappa shape index (κ2) is 9.73. The molecule has 1 aliphatic carbocycles. The van der Waals surface area contributed by atoms with Gasteiger partial charge in [-0.15, -0.1) is 0 Å². The summed E-state index contributed by atoms with van der Waals surface area (Å²) in [7, 11) is 0. The molecule has 9 heteroatoms. The van der Waals surface area contributed by atoms with Crippen molar-refractivity contribution < 1.29 is 0 Å². The SMILES string of the molecule is CC(C)c1nn(C(C)C)c2c(NCc3c(N)cccc3Cl)nc(NC3CCC(N)CC3)nc12. The predicted octanol–water partition coefficient (Wildman–Crippen LogP) is 5.06. The van der Waals surface area contributed by atoms with E-state index >= 15 is 0 Å². The number of hydrogen-bond donors (Lipinski definition) is 4. The molecule has 3 aromatic rings. The Bertz CT molecular complexity index is 1100. The van der Waals surface area contributed by atoms with E-state index in [1.807, 2.05) is 22.9 Å². The lowest BCUT2D eigenvalue weighted by molar-refractivity contribution is 0.410. The Hall–Kier alpha value is -2.58. The first-order valence-corrected chi connectivity index (χ1v) is 12.2. The summed E-state index contributed by atoms with van der Waals surface area (Å²) >= 11 is 6.42. The minimum Gasteiger partial charge on any atom is -0.398 e. The Kier molecular flexibility index (Phi) is 6.95. The van der Waals surface area contributed by atoms with Gasteiger partial charge in [0.2, 0.25) is 5.95 Å². The molecule has 178 valence electrons. The van der Waals surface area contributed by atoms with Gasteiger partial charge in [0, 0.05) is 40.9 Å². The Balaban J connectivity index is 1.76. The molecule has 0 saturated heterocycles. The molecule has 1 saturated carbocycles. The van der Waals surface area contributed by atoms with Crippen molar-refractivity contribution >= 4 is 40.1 Å². The Morgan fingerprint density at radius 2 is 1.85 bits per heavy atom. The quantitative estimate of drug-likeness (QED) is 0.356. The van der Waals surface area contributed by atoms with Crippen molar-refractivity contribution in [3.63, 3.8) is 0 Å². The fourth-order valence-corrected chi connectivity index (χ4v) is 4.64. The van der Waals surface area contributed by atoms with Crippen LogP contribution >= 0.6 is 11.6 Å². The van der Waals surface area contributed by atoms with Crippen LogP contribution in [0.1, 0.15) is 76.6 Å². The first kappa shape index (κ1) is 23.6. The first-order chi connectivity index (χ1) is 15.7. The molecule has 2 heterocycles. The standard InChI is InChI=1S/C24H35ClN8/c1-13(2)20-21-22(33(32-20)14(3)4)23(28-12-17-18(25)6-5-7-19(17)27)31-24(30-21)29-16-10-8-15(26)9-11-16/h5-7,13-16H,8-12,26-27H2,1-4H3,(H2,28,29,30,31). The van der Waals surface area contributed by atoms with E-state index in [9.17, 15) is 0 Å². The Labute approximate surface area is 200 Å². The third-order valence-electron chi connectivity index (χ3n) is 6.30. The van der Waals surface area contributed by atoms with Gasteiger partial charge in [0.15, 0.2) is 5.82 Å². The largest absolute Gasteiger partial charge is 0.398 e. The van der Waals surface area contributed by atoms with Gasteiger partial charge in [-0.2, -0.15) is 10.1 Å². The highest BCUT2D eigenvalue weighted by molar-refractivity contribution is 6.31. The highest BCUT2D eigenvalue weighted by Crippen LogP contribution is 2.33. The van der Waals surface area contributed by atoms with Crippen molar-refractivity contribution in [1.29, 1.82) is 0 Å². The van der Waals surface area contributed by atoms with Crippen LogP contribution in [0.15, 0.2) is 18.2 Å². The summed E-state index contributed by atoms with van der Waals surface area (Å²) < 4.78 is 2.01. The number of fused-ring (bicyclic) bond motifs is 1. The minimum absolute atomic E-state index is 0.160. The molecule has 33 heavy (non-hydrogen) atoms. The fraction of sp³-hybridized carbons (Fsp3) is 0.542. The zero-order valence-electron chi connectivity index (χ0n) is 19.9. The zero-order valence-corrected chi connectivity index (χ0v) is 20.7. The van der Waals surface area contributed by atoms with Gasteiger partial charge >= 0.3 is 0 Å². The number of rotatable bonds is 7. The normalized spacial score (nSPS) is 18.9. The molecule has 0 spiro atoms. The van der Waals surface area contributed by atoms with Gasteiger partial charge < -0.3 is 22.1 Å². The van der Waals surface area contributed by atoms with E-state index < -0.39 is 0 Å². The number of nitrogens with two attached hydrogens (primary N) is 2. The molecule has 1 fully saturated rings. The lowest BCUT2D eigenvalue weighted by Crippen LogP contribution is -2.33. The van der Waals surface area contributed by atoms with Crippen LogP contribution in [0, 0.1) is 0 Å². The fourth-order valence-electron chi connectivity index (χ4n) is 4.39. The highest BCUT2D eigenvalue weighted by atomic mass is 35.5. The van der Waals surface area contributed by atoms with Crippen LogP contribution < -0.4 is 22.1 Å². The molecule has 2 aromatic heterocycles. The van der Waals surface area contributed by atoms with E-state index in [2.05, 4.69) is 38.3 Å². The predicted molar refractivity (Wildman–Crippen MR) is 137 cm³/mol. The summed E-state index contributed by atoms with van der Waals surface area (Å²) in [5.41, 5.74) is 16.5. The van der Waals surface area contributed by atoms with Crippen LogP contribution in [0.3, 0.4) is 0 Å². The van der Waals surface area contributed by atoms with E-state index in [4.69, 9.17) is 38.1 Å². The topological polar surface area (TPSA) is 120 Å². The van der Waals surface area contributed by atoms with Crippen LogP contribution in [-0.4, -0.2) is 31.8 Å². The lowest BCUT2D eigenvalue weighted by Gasteiger charge is -2.27. The van der Waals surface area contributed by atoms with Crippen LogP contribution in [0.25, 0.3) is 11.0 Å². The molecule has 0 bridgehead atoms. The number of nitrogens with zero attached hydrogens (tertiary/aromatic N) is 4. The molecule has 0 amide bonds. The second-order valence-corrected chi connectivity index (χ2v) is 10.00. The highest BCUT2D eigenvalue weighted by Gasteiger charge is 2.24. The van der Waals surface area contributed by atoms with Crippen LogP contribution in [-0.2, 0) is 6.54 Å². The molecule has 0 unspecified atom stereocenters. The summed E-state index contributed by atoms with van der Waals surface area (Å²) in [5, 5.41) is 12.6. The van der Waals surface area contributed by atoms with E-state index in [0.717, 1.165) is 53.8 Å². The van der Waals surface area contributed by atoms with Crippen molar-refractivity contribution in [3.8, 4) is 0 Å². The maximum atomic E-state index is 6.42. The smallest absolute Gasteiger partial charge is 0.225 e. The van der Waals surface area contributed by atoms with Crippen LogP contribution in [0.2, 0.25) is 5.02 Å². The average molecular weight is 471 g/mol. The summed E-state index contributed by atoms with van der Waals surface area (Å²) in [4.78, 5) is 9.83. The average Bonchev–Trinajstić information content (AvgIpc) is 3.15. The summed E-state index contributed by atoms with van der Waals surface area (Å²) in [6.45, 7) is 8.96. The summed E-state index contributed by atoms with van der Waals surface area (Å²) in [6, 6.07) is 6.33. The van der Waals surface area contributed by atoms with Crippen LogP contribution in [0.5, 0.6) is 0 Å². The Morgan fingerprint density at radius 1 is 1.12 bits per heavy atom. The number of halogens is 1. The maximum Gasteiger partial charge on any atom is 0.225 e. The van der Waals surface area contributed by atoms with Gasteiger partial charge in [-0.3, -0.25) is 4.68 Å². The molecule has 0 radical (unpaired) electrons. The van der Waals surface area contributed by atoms with E-state index in [-0.39, 0.29) is 12.0 Å². The van der Waals surface area contributed by atoms with Gasteiger partial charge in [-0.05, 0) is 57.6 Å². The van der Waals surface area contributed by atoms with Crippen molar-refractivity contribution in [2.45, 2.75) is 84.0 Å².